The van der Waals surface area contributed by atoms with E-state index in [-0.39, 0.29) is 5.97 Å². The van der Waals surface area contributed by atoms with Gasteiger partial charge in [-0.05, 0) is 0 Å². The van der Waals surface area contributed by atoms with Crippen molar-refractivity contribution in [1.29, 1.82) is 0 Å². The van der Waals surface area contributed by atoms with Crippen molar-refractivity contribution in [2.24, 2.45) is 7.05 Å². The van der Waals surface area contributed by atoms with E-state index in [0.29, 0.717) is 11.4 Å². The van der Waals surface area contributed by atoms with E-state index < -0.39 is 0 Å². The van der Waals surface area contributed by atoms with Crippen LogP contribution >= 0.6 is 0 Å². The van der Waals surface area contributed by atoms with Gasteiger partial charge in [-0.25, -0.2) is 4.79 Å². The second-order valence-corrected chi connectivity index (χ2v) is 2.55. The molecule has 0 aliphatic rings. The van der Waals surface area contributed by atoms with Gasteiger partial charge in [-0.2, -0.15) is 4.57 Å². The summed E-state index contributed by atoms with van der Waals surface area (Å²) in [6, 6.07) is 3.40. The number of ether oxygens (including phenoxy) is 2. The zero-order valence-corrected chi connectivity index (χ0v) is 7.90. The summed E-state index contributed by atoms with van der Waals surface area (Å²) in [5.41, 5.74) is 0.460. The summed E-state index contributed by atoms with van der Waals surface area (Å²) in [6.45, 7) is 0. The second kappa shape index (κ2) is 3.89. The summed E-state index contributed by atoms with van der Waals surface area (Å²) >= 11 is 0. The number of hydrogen-bond donors (Lipinski definition) is 0. The average Bonchev–Trinajstić information content (AvgIpc) is 2.17. The van der Waals surface area contributed by atoms with E-state index in [2.05, 4.69) is 4.74 Å². The first-order valence-electron chi connectivity index (χ1n) is 3.81. The molecule has 0 aliphatic heterocycles. The molecule has 0 N–H and O–H groups in total. The van der Waals surface area contributed by atoms with Gasteiger partial charge in [-0.15, -0.1) is 0 Å². The van der Waals surface area contributed by atoms with Crippen LogP contribution in [-0.4, -0.2) is 20.2 Å². The number of nitrogens with zero attached hydrogens (tertiary/aromatic N) is 1. The van der Waals surface area contributed by atoms with Crippen LogP contribution in [0.5, 0.6) is 5.75 Å². The van der Waals surface area contributed by atoms with Gasteiger partial charge in [-0.3, -0.25) is 0 Å². The van der Waals surface area contributed by atoms with Crippen LogP contribution in [0.4, 0.5) is 0 Å². The van der Waals surface area contributed by atoms with Crippen LogP contribution < -0.4 is 9.30 Å². The summed E-state index contributed by atoms with van der Waals surface area (Å²) in [7, 11) is 4.67. The zero-order valence-electron chi connectivity index (χ0n) is 7.90. The van der Waals surface area contributed by atoms with Crippen molar-refractivity contribution in [1.82, 2.24) is 0 Å². The van der Waals surface area contributed by atoms with Crippen molar-refractivity contribution in [3.05, 3.63) is 24.0 Å². The molecule has 0 bridgehead atoms. The normalized spacial score (nSPS) is 9.46. The monoisotopic (exact) mass is 182 g/mol. The Balaban J connectivity index is 3.11. The van der Waals surface area contributed by atoms with E-state index in [9.17, 15) is 4.79 Å². The summed E-state index contributed by atoms with van der Waals surface area (Å²) in [5.74, 6) is 0.264. The highest BCUT2D eigenvalue weighted by Gasteiger charge is 2.17. The third-order valence-electron chi connectivity index (χ3n) is 1.75. The van der Waals surface area contributed by atoms with Crippen LogP contribution in [-0.2, 0) is 11.8 Å². The molecule has 0 aromatic carbocycles. The first-order valence-corrected chi connectivity index (χ1v) is 3.81. The third-order valence-corrected chi connectivity index (χ3v) is 1.75. The maximum Gasteiger partial charge on any atom is 0.403 e. The van der Waals surface area contributed by atoms with Crippen LogP contribution in [0.2, 0.25) is 0 Å². The standard InChI is InChI=1S/C9H12NO3/c1-10-5-4-7(12-2)6-8(10)9(11)13-3/h4-6H,1-3H3/q+1. The largest absolute Gasteiger partial charge is 0.496 e. The fraction of sp³-hybridized carbons (Fsp3) is 0.333. The van der Waals surface area contributed by atoms with Crippen LogP contribution in [0.25, 0.3) is 0 Å². The summed E-state index contributed by atoms with van der Waals surface area (Å²) in [6.07, 6.45) is 1.74. The van der Waals surface area contributed by atoms with E-state index in [4.69, 9.17) is 4.74 Å². The minimum absolute atomic E-state index is 0.374. The van der Waals surface area contributed by atoms with E-state index in [1.807, 2.05) is 0 Å². The van der Waals surface area contributed by atoms with E-state index in [1.54, 1.807) is 37.1 Å². The van der Waals surface area contributed by atoms with Gasteiger partial charge in [0.25, 0.3) is 5.69 Å². The fourth-order valence-electron chi connectivity index (χ4n) is 0.985. The van der Waals surface area contributed by atoms with Crippen molar-refractivity contribution >= 4 is 5.97 Å². The molecule has 0 radical (unpaired) electrons. The molecule has 13 heavy (non-hydrogen) atoms. The summed E-state index contributed by atoms with van der Waals surface area (Å²) in [4.78, 5) is 11.2. The number of esters is 1. The predicted molar refractivity (Wildman–Crippen MR) is 45.5 cm³/mol. The molecule has 1 rings (SSSR count). The SMILES string of the molecule is COC(=O)c1cc(OC)cc[n+]1C. The lowest BCUT2D eigenvalue weighted by Crippen LogP contribution is -2.36. The van der Waals surface area contributed by atoms with Gasteiger partial charge in [-0.1, -0.05) is 0 Å². The number of aryl methyl sites for hydroxylation is 1. The van der Waals surface area contributed by atoms with Crippen LogP contribution in [0.3, 0.4) is 0 Å². The molecule has 1 heterocycles. The maximum atomic E-state index is 11.2. The van der Waals surface area contributed by atoms with E-state index in [0.717, 1.165) is 0 Å². The van der Waals surface area contributed by atoms with Crippen LogP contribution in [0, 0.1) is 0 Å². The molecule has 0 unspecified atom stereocenters. The lowest BCUT2D eigenvalue weighted by molar-refractivity contribution is -0.674. The van der Waals surface area contributed by atoms with Crippen molar-refractivity contribution in [2.45, 2.75) is 0 Å². The zero-order chi connectivity index (χ0) is 9.84. The molecule has 0 saturated carbocycles. The Morgan fingerprint density at radius 2 is 2.15 bits per heavy atom. The first-order chi connectivity index (χ1) is 6.19. The van der Waals surface area contributed by atoms with E-state index in [1.165, 1.54) is 7.11 Å². The molecule has 1 aromatic rings. The van der Waals surface area contributed by atoms with Crippen molar-refractivity contribution in [2.75, 3.05) is 14.2 Å². The molecule has 0 saturated heterocycles. The van der Waals surface area contributed by atoms with Crippen molar-refractivity contribution < 1.29 is 18.8 Å². The van der Waals surface area contributed by atoms with Gasteiger partial charge in [0.15, 0.2) is 6.20 Å². The Hall–Kier alpha value is -1.58. The fourth-order valence-corrected chi connectivity index (χ4v) is 0.985. The minimum Gasteiger partial charge on any atom is -0.496 e. The lowest BCUT2D eigenvalue weighted by Gasteiger charge is -2.00. The number of rotatable bonds is 2. The molecular formula is C9H12NO3+. The highest BCUT2D eigenvalue weighted by atomic mass is 16.5. The quantitative estimate of drug-likeness (QED) is 0.488. The molecule has 0 fully saturated rings. The minimum atomic E-state index is -0.374. The molecule has 0 atom stereocenters. The highest BCUT2D eigenvalue weighted by molar-refractivity contribution is 5.85. The highest BCUT2D eigenvalue weighted by Crippen LogP contribution is 2.08. The summed E-state index contributed by atoms with van der Waals surface area (Å²) in [5, 5.41) is 0. The van der Waals surface area contributed by atoms with Gasteiger partial charge in [0.05, 0.1) is 20.3 Å². The number of pyridine rings is 1. The number of methoxy groups -OCH3 is 2. The Bertz CT molecular complexity index is 323. The molecule has 4 nitrogen and oxygen atoms in total. The number of carbonyl (C=O) groups is 1. The van der Waals surface area contributed by atoms with Gasteiger partial charge < -0.3 is 9.47 Å². The Kier molecular flexibility index (Phi) is 2.84. The topological polar surface area (TPSA) is 39.4 Å². The molecule has 0 aliphatic carbocycles. The van der Waals surface area contributed by atoms with Crippen LogP contribution in [0.15, 0.2) is 18.3 Å². The van der Waals surface area contributed by atoms with Crippen molar-refractivity contribution in [3.8, 4) is 5.75 Å². The third kappa shape index (κ3) is 1.96. The molecule has 70 valence electrons. The number of aromatic nitrogens is 1. The Morgan fingerprint density at radius 3 is 2.69 bits per heavy atom. The first kappa shape index (κ1) is 9.51. The molecule has 0 spiro atoms. The molecular weight excluding hydrogens is 170 g/mol. The van der Waals surface area contributed by atoms with Gasteiger partial charge in [0, 0.05) is 6.07 Å². The summed E-state index contributed by atoms with van der Waals surface area (Å²) < 4.78 is 11.3. The second-order valence-electron chi connectivity index (χ2n) is 2.55. The van der Waals surface area contributed by atoms with E-state index >= 15 is 0 Å². The van der Waals surface area contributed by atoms with Gasteiger partial charge in [0.1, 0.15) is 12.8 Å². The Labute approximate surface area is 76.7 Å². The Morgan fingerprint density at radius 1 is 1.46 bits per heavy atom. The molecule has 4 heteroatoms. The van der Waals surface area contributed by atoms with Crippen LogP contribution in [0.1, 0.15) is 10.5 Å². The van der Waals surface area contributed by atoms with Gasteiger partial charge >= 0.3 is 5.97 Å². The number of hydrogen-bond acceptors (Lipinski definition) is 3. The molecule has 0 amide bonds. The van der Waals surface area contributed by atoms with Gasteiger partial charge in [0.2, 0.25) is 0 Å². The lowest BCUT2D eigenvalue weighted by atomic mass is 10.3. The maximum absolute atomic E-state index is 11.2. The predicted octanol–water partition coefficient (Wildman–Crippen LogP) is 0.306. The number of carbonyl (C=O) groups excluding carboxylic acids is 1. The average molecular weight is 182 g/mol. The van der Waals surface area contributed by atoms with Crippen molar-refractivity contribution in [3.63, 3.8) is 0 Å². The smallest absolute Gasteiger partial charge is 0.403 e. The molecule has 1 aromatic heterocycles.